The van der Waals surface area contributed by atoms with Crippen molar-refractivity contribution in [1.82, 2.24) is 13.9 Å². The molecule has 0 fully saturated rings. The Bertz CT molecular complexity index is 1060. The molecule has 1 aromatic heterocycles. The van der Waals surface area contributed by atoms with Gasteiger partial charge in [-0.05, 0) is 42.8 Å². The summed E-state index contributed by atoms with van der Waals surface area (Å²) in [6.07, 6.45) is 0.984. The van der Waals surface area contributed by atoms with Crippen LogP contribution in [0.4, 0.5) is 0 Å². The zero-order valence-corrected chi connectivity index (χ0v) is 18.7. The van der Waals surface area contributed by atoms with Crippen LogP contribution in [-0.4, -0.2) is 36.4 Å². The van der Waals surface area contributed by atoms with Gasteiger partial charge in [0.05, 0.1) is 21.7 Å². The van der Waals surface area contributed by atoms with Crippen LogP contribution in [0.15, 0.2) is 56.7 Å². The zero-order valence-electron chi connectivity index (χ0n) is 15.5. The minimum atomic E-state index is -3.47. The molecule has 0 N–H and O–H groups in total. The second kappa shape index (κ2) is 8.34. The Morgan fingerprint density at radius 1 is 1.19 bits per heavy atom. The summed E-state index contributed by atoms with van der Waals surface area (Å²) in [4.78, 5) is 6.18. The second-order valence-corrected chi connectivity index (χ2v) is 10.5. The third-order valence-electron chi connectivity index (χ3n) is 4.19. The fourth-order valence-corrected chi connectivity index (χ4v) is 5.19. The Balaban J connectivity index is 1.97. The fraction of sp³-hybridized carbons (Fsp3) is 0.316. The number of hydrogen-bond acceptors (Lipinski definition) is 4. The van der Waals surface area contributed by atoms with Crippen molar-refractivity contribution in [3.05, 3.63) is 52.8 Å². The van der Waals surface area contributed by atoms with Gasteiger partial charge in [-0.25, -0.2) is 17.7 Å². The highest BCUT2D eigenvalue weighted by molar-refractivity contribution is 9.10. The number of imidazole rings is 1. The fourth-order valence-electron chi connectivity index (χ4n) is 2.82. The van der Waals surface area contributed by atoms with E-state index >= 15 is 0 Å². The molecule has 0 bridgehead atoms. The van der Waals surface area contributed by atoms with Crippen LogP contribution < -0.4 is 0 Å². The SMILES string of the molecule is CCCn1c(CSc2cccc(Br)c2)nc2cc(S(=O)(=O)N(C)C)ccc21. The number of benzene rings is 2. The first kappa shape index (κ1) is 20.4. The highest BCUT2D eigenvalue weighted by Gasteiger charge is 2.19. The number of rotatable bonds is 7. The topological polar surface area (TPSA) is 55.2 Å². The molecule has 5 nitrogen and oxygen atoms in total. The van der Waals surface area contributed by atoms with Crippen molar-refractivity contribution < 1.29 is 8.42 Å². The van der Waals surface area contributed by atoms with Gasteiger partial charge in [0.15, 0.2) is 0 Å². The van der Waals surface area contributed by atoms with Gasteiger partial charge in [-0.15, -0.1) is 11.8 Å². The molecular weight excluding hydrogens is 446 g/mol. The lowest BCUT2D eigenvalue weighted by Crippen LogP contribution is -2.22. The summed E-state index contributed by atoms with van der Waals surface area (Å²) >= 11 is 5.22. The highest BCUT2D eigenvalue weighted by atomic mass is 79.9. The molecule has 3 rings (SSSR count). The molecule has 0 aliphatic heterocycles. The van der Waals surface area contributed by atoms with Crippen LogP contribution in [0.1, 0.15) is 19.2 Å². The number of nitrogens with zero attached hydrogens (tertiary/aromatic N) is 3. The molecule has 0 radical (unpaired) electrons. The van der Waals surface area contributed by atoms with Gasteiger partial charge in [-0.3, -0.25) is 0 Å². The summed E-state index contributed by atoms with van der Waals surface area (Å²) in [6, 6.07) is 13.4. The summed E-state index contributed by atoms with van der Waals surface area (Å²) in [6.45, 7) is 2.98. The maximum absolute atomic E-state index is 12.4. The van der Waals surface area contributed by atoms with Gasteiger partial charge < -0.3 is 4.57 Å². The van der Waals surface area contributed by atoms with E-state index in [9.17, 15) is 8.42 Å². The third kappa shape index (κ3) is 4.39. The van der Waals surface area contributed by atoms with Crippen LogP contribution in [0.3, 0.4) is 0 Å². The van der Waals surface area contributed by atoms with E-state index < -0.39 is 10.0 Å². The van der Waals surface area contributed by atoms with Crippen LogP contribution in [0.5, 0.6) is 0 Å². The lowest BCUT2D eigenvalue weighted by Gasteiger charge is -2.11. The summed E-state index contributed by atoms with van der Waals surface area (Å²) in [5, 5.41) is 0. The second-order valence-electron chi connectivity index (χ2n) is 6.36. The normalized spacial score (nSPS) is 12.2. The largest absolute Gasteiger partial charge is 0.327 e. The summed E-state index contributed by atoms with van der Waals surface area (Å²) < 4.78 is 29.3. The van der Waals surface area contributed by atoms with Crippen LogP contribution >= 0.6 is 27.7 Å². The van der Waals surface area contributed by atoms with E-state index in [1.54, 1.807) is 23.9 Å². The molecule has 0 amide bonds. The van der Waals surface area contributed by atoms with E-state index in [1.807, 2.05) is 18.2 Å². The van der Waals surface area contributed by atoms with Crippen molar-refractivity contribution in [3.63, 3.8) is 0 Å². The van der Waals surface area contributed by atoms with E-state index in [0.717, 1.165) is 44.9 Å². The molecule has 8 heteroatoms. The van der Waals surface area contributed by atoms with Crippen molar-refractivity contribution in [2.45, 2.75) is 35.4 Å². The van der Waals surface area contributed by atoms with Crippen LogP contribution in [0, 0.1) is 0 Å². The van der Waals surface area contributed by atoms with Crippen molar-refractivity contribution in [1.29, 1.82) is 0 Å². The molecule has 0 aliphatic carbocycles. The van der Waals surface area contributed by atoms with Crippen molar-refractivity contribution in [2.75, 3.05) is 14.1 Å². The molecule has 27 heavy (non-hydrogen) atoms. The van der Waals surface area contributed by atoms with E-state index in [0.29, 0.717) is 0 Å². The lowest BCUT2D eigenvalue weighted by molar-refractivity contribution is 0.521. The van der Waals surface area contributed by atoms with Crippen molar-refractivity contribution >= 4 is 48.7 Å². The van der Waals surface area contributed by atoms with Crippen molar-refractivity contribution in [2.24, 2.45) is 0 Å². The van der Waals surface area contributed by atoms with Gasteiger partial charge in [0.1, 0.15) is 5.82 Å². The standard InChI is InChI=1S/C19H22BrN3O2S2/c1-4-10-23-18-9-8-16(27(24,25)22(2)3)12-17(18)21-19(23)13-26-15-7-5-6-14(20)11-15/h5-9,11-12H,4,10,13H2,1-3H3. The maximum atomic E-state index is 12.4. The first-order chi connectivity index (χ1) is 12.8. The molecular formula is C19H22BrN3O2S2. The number of aryl methyl sites for hydroxylation is 1. The van der Waals surface area contributed by atoms with Crippen LogP contribution in [0.25, 0.3) is 11.0 Å². The van der Waals surface area contributed by atoms with Crippen molar-refractivity contribution in [3.8, 4) is 0 Å². The maximum Gasteiger partial charge on any atom is 0.242 e. The Kier molecular flexibility index (Phi) is 6.30. The molecule has 3 aromatic rings. The molecule has 0 saturated carbocycles. The zero-order chi connectivity index (χ0) is 19.6. The minimum Gasteiger partial charge on any atom is -0.327 e. The van der Waals surface area contributed by atoms with Gasteiger partial charge in [0.2, 0.25) is 10.0 Å². The summed E-state index contributed by atoms with van der Waals surface area (Å²) in [5.74, 6) is 1.68. The predicted octanol–water partition coefficient (Wildman–Crippen LogP) is 4.75. The van der Waals surface area contributed by atoms with Gasteiger partial charge in [-0.2, -0.15) is 0 Å². The van der Waals surface area contributed by atoms with Gasteiger partial charge in [0.25, 0.3) is 0 Å². The molecule has 2 aromatic carbocycles. The number of hydrogen-bond donors (Lipinski definition) is 0. The molecule has 0 atom stereocenters. The minimum absolute atomic E-state index is 0.271. The average Bonchev–Trinajstić information content (AvgIpc) is 2.97. The summed E-state index contributed by atoms with van der Waals surface area (Å²) in [7, 11) is -0.397. The first-order valence-electron chi connectivity index (χ1n) is 8.63. The quantitative estimate of drug-likeness (QED) is 0.470. The van der Waals surface area contributed by atoms with Gasteiger partial charge in [-0.1, -0.05) is 28.9 Å². The number of sulfonamides is 1. The van der Waals surface area contributed by atoms with Crippen LogP contribution in [0.2, 0.25) is 0 Å². The Hall–Kier alpha value is -1.35. The molecule has 0 spiro atoms. The first-order valence-corrected chi connectivity index (χ1v) is 11.8. The third-order valence-corrected chi connectivity index (χ3v) is 7.48. The summed E-state index contributed by atoms with van der Waals surface area (Å²) in [5.41, 5.74) is 1.69. The van der Waals surface area contributed by atoms with E-state index in [4.69, 9.17) is 4.98 Å². The number of fused-ring (bicyclic) bond motifs is 1. The Morgan fingerprint density at radius 3 is 2.63 bits per heavy atom. The molecule has 0 unspecified atom stereocenters. The Morgan fingerprint density at radius 2 is 1.96 bits per heavy atom. The Labute approximate surface area is 173 Å². The molecule has 0 saturated heterocycles. The molecule has 1 heterocycles. The number of halogens is 1. The van der Waals surface area contributed by atoms with Gasteiger partial charge >= 0.3 is 0 Å². The van der Waals surface area contributed by atoms with E-state index in [1.165, 1.54) is 18.4 Å². The van der Waals surface area contributed by atoms with E-state index in [2.05, 4.69) is 39.6 Å². The predicted molar refractivity (Wildman–Crippen MR) is 115 cm³/mol. The highest BCUT2D eigenvalue weighted by Crippen LogP contribution is 2.28. The van der Waals surface area contributed by atoms with Gasteiger partial charge in [0, 0.05) is 30.0 Å². The van der Waals surface area contributed by atoms with Crippen LogP contribution in [-0.2, 0) is 22.3 Å². The number of thioether (sulfide) groups is 1. The molecule has 0 aliphatic rings. The number of aromatic nitrogens is 2. The monoisotopic (exact) mass is 467 g/mol. The average molecular weight is 468 g/mol. The molecule has 144 valence electrons. The smallest absolute Gasteiger partial charge is 0.242 e. The van der Waals surface area contributed by atoms with E-state index in [-0.39, 0.29) is 4.90 Å². The lowest BCUT2D eigenvalue weighted by atomic mass is 10.3.